The van der Waals surface area contributed by atoms with E-state index in [4.69, 9.17) is 0 Å². The highest BCUT2D eigenvalue weighted by Crippen LogP contribution is 2.38. The van der Waals surface area contributed by atoms with Crippen LogP contribution in [0.15, 0.2) is 47.5 Å². The zero-order chi connectivity index (χ0) is 24.8. The third-order valence-corrected chi connectivity index (χ3v) is 5.91. The first kappa shape index (κ1) is 23.8. The van der Waals surface area contributed by atoms with Gasteiger partial charge in [-0.2, -0.15) is 36.5 Å². The van der Waals surface area contributed by atoms with Gasteiger partial charge in [0.1, 0.15) is 0 Å². The molecule has 34 heavy (non-hydrogen) atoms. The number of halogens is 6. The average molecular weight is 500 g/mol. The molecule has 0 spiro atoms. The Kier molecular flexibility index (Phi) is 5.94. The van der Waals surface area contributed by atoms with Crippen LogP contribution >= 0.6 is 11.8 Å². The minimum Gasteiger partial charge on any atom is -0.266 e. The summed E-state index contributed by atoms with van der Waals surface area (Å²) in [6, 6.07) is 6.28. The van der Waals surface area contributed by atoms with E-state index in [1.165, 1.54) is 24.0 Å². The van der Waals surface area contributed by atoms with Crippen LogP contribution in [-0.2, 0) is 23.7 Å². The van der Waals surface area contributed by atoms with Crippen LogP contribution in [0.25, 0.3) is 17.0 Å². The Morgan fingerprint density at radius 3 is 2.38 bits per heavy atom. The molecule has 0 atom stereocenters. The molecule has 2 amide bonds. The molecular formula is C21H14F6N4O2S. The van der Waals surface area contributed by atoms with Gasteiger partial charge in [-0.15, -0.1) is 0 Å². The van der Waals surface area contributed by atoms with Gasteiger partial charge in [-0.3, -0.25) is 14.3 Å². The number of imide groups is 1. The number of carbonyl (C=O) groups excluding carboxylic acids is 2. The molecule has 1 fully saturated rings. The second kappa shape index (κ2) is 8.47. The molecule has 1 aromatic heterocycles. The van der Waals surface area contributed by atoms with Gasteiger partial charge >= 0.3 is 17.6 Å². The van der Waals surface area contributed by atoms with Gasteiger partial charge in [0.05, 0.1) is 34.3 Å². The molecule has 6 nitrogen and oxygen atoms in total. The normalized spacial score (nSPS) is 16.3. The predicted octanol–water partition coefficient (Wildman–Crippen LogP) is 5.29. The molecule has 1 aliphatic heterocycles. The third kappa shape index (κ3) is 4.53. The lowest BCUT2D eigenvalue weighted by Crippen LogP contribution is -2.38. The van der Waals surface area contributed by atoms with Crippen molar-refractivity contribution in [2.75, 3.05) is 7.05 Å². The molecule has 0 unspecified atom stereocenters. The number of nitrogens with one attached hydrogen (secondary N) is 1. The molecule has 2 aromatic carbocycles. The standard InChI is InChI=1S/C21H14F6N4O2S/c1-28-31-18(32)17(34-19(31)33)7-11-2-5-16-13(6-11)9-29-30(16)10-12-3-4-14(20(22,23)24)8-15(12)21(25,26)27/h2-9,28H,10H2,1H3/b17-7-. The lowest BCUT2D eigenvalue weighted by atomic mass is 10.0. The molecule has 13 heteroatoms. The van der Waals surface area contributed by atoms with Crippen molar-refractivity contribution in [3.63, 3.8) is 0 Å². The van der Waals surface area contributed by atoms with Crippen molar-refractivity contribution in [1.82, 2.24) is 20.2 Å². The predicted molar refractivity (Wildman–Crippen MR) is 112 cm³/mol. The van der Waals surface area contributed by atoms with E-state index in [1.54, 1.807) is 18.2 Å². The van der Waals surface area contributed by atoms with Crippen LogP contribution in [-0.4, -0.2) is 33.0 Å². The van der Waals surface area contributed by atoms with Gasteiger partial charge in [0.25, 0.3) is 5.91 Å². The summed E-state index contributed by atoms with van der Waals surface area (Å²) in [4.78, 5) is 24.2. The Balaban J connectivity index is 1.66. The number of benzene rings is 2. The second-order valence-electron chi connectivity index (χ2n) is 7.23. The number of nitrogens with zero attached hydrogens (tertiary/aromatic N) is 3. The van der Waals surface area contributed by atoms with Crippen LogP contribution in [0.1, 0.15) is 22.3 Å². The molecule has 1 N–H and O–H groups in total. The molecule has 0 radical (unpaired) electrons. The lowest BCUT2D eigenvalue weighted by Gasteiger charge is -2.16. The Morgan fingerprint density at radius 1 is 1.03 bits per heavy atom. The van der Waals surface area contributed by atoms with Gasteiger partial charge in [-0.1, -0.05) is 12.1 Å². The highest BCUT2D eigenvalue weighted by molar-refractivity contribution is 8.18. The fourth-order valence-electron chi connectivity index (χ4n) is 3.45. The summed E-state index contributed by atoms with van der Waals surface area (Å²) in [6.45, 7) is -0.406. The van der Waals surface area contributed by atoms with Crippen LogP contribution in [0.2, 0.25) is 0 Å². The van der Waals surface area contributed by atoms with Gasteiger partial charge in [0.2, 0.25) is 0 Å². The monoisotopic (exact) mass is 500 g/mol. The van der Waals surface area contributed by atoms with Crippen LogP contribution in [0.4, 0.5) is 31.1 Å². The molecule has 0 saturated carbocycles. The van der Waals surface area contributed by atoms with E-state index in [2.05, 4.69) is 10.5 Å². The summed E-state index contributed by atoms with van der Waals surface area (Å²) in [5.74, 6) is -0.518. The molecule has 3 aromatic rings. The summed E-state index contributed by atoms with van der Waals surface area (Å²) < 4.78 is 80.3. The number of amides is 2. The van der Waals surface area contributed by atoms with Gasteiger partial charge in [-0.05, 0) is 53.2 Å². The number of rotatable bonds is 4. The van der Waals surface area contributed by atoms with E-state index in [9.17, 15) is 35.9 Å². The van der Waals surface area contributed by atoms with E-state index in [1.807, 2.05) is 0 Å². The molecule has 4 rings (SSSR count). The molecular weight excluding hydrogens is 486 g/mol. The summed E-state index contributed by atoms with van der Waals surface area (Å²) in [7, 11) is 1.43. The Bertz CT molecular complexity index is 1330. The Hall–Kier alpha value is -3.32. The fourth-order valence-corrected chi connectivity index (χ4v) is 4.28. The van der Waals surface area contributed by atoms with Crippen molar-refractivity contribution in [3.05, 3.63) is 69.8 Å². The smallest absolute Gasteiger partial charge is 0.266 e. The van der Waals surface area contributed by atoms with E-state index in [0.29, 0.717) is 22.5 Å². The first-order valence-corrected chi connectivity index (χ1v) is 10.4. The first-order chi connectivity index (χ1) is 15.9. The Labute approximate surface area is 192 Å². The maximum absolute atomic E-state index is 13.5. The van der Waals surface area contributed by atoms with Crippen molar-refractivity contribution in [3.8, 4) is 0 Å². The summed E-state index contributed by atoms with van der Waals surface area (Å²) in [5.41, 5.74) is 0.333. The molecule has 1 saturated heterocycles. The highest BCUT2D eigenvalue weighted by Gasteiger charge is 2.38. The summed E-state index contributed by atoms with van der Waals surface area (Å²) in [6.07, 6.45) is -7.00. The number of thioether (sulfide) groups is 1. The van der Waals surface area contributed by atoms with Gasteiger partial charge < -0.3 is 0 Å². The van der Waals surface area contributed by atoms with Crippen molar-refractivity contribution >= 4 is 39.9 Å². The van der Waals surface area contributed by atoms with E-state index < -0.39 is 41.2 Å². The number of hydrogen-bond donors (Lipinski definition) is 1. The minimum absolute atomic E-state index is 0.0946. The zero-order valence-electron chi connectivity index (χ0n) is 17.2. The van der Waals surface area contributed by atoms with Crippen molar-refractivity contribution in [2.24, 2.45) is 0 Å². The van der Waals surface area contributed by atoms with Gasteiger partial charge in [0, 0.05) is 12.4 Å². The number of alkyl halides is 6. The van der Waals surface area contributed by atoms with E-state index in [0.717, 1.165) is 22.8 Å². The maximum Gasteiger partial charge on any atom is 0.416 e. The van der Waals surface area contributed by atoms with E-state index >= 15 is 0 Å². The number of aromatic nitrogens is 2. The van der Waals surface area contributed by atoms with Crippen LogP contribution in [0.5, 0.6) is 0 Å². The van der Waals surface area contributed by atoms with Crippen molar-refractivity contribution in [2.45, 2.75) is 18.9 Å². The lowest BCUT2D eigenvalue weighted by molar-refractivity contribution is -0.143. The molecule has 178 valence electrons. The van der Waals surface area contributed by atoms with Crippen LogP contribution in [0, 0.1) is 0 Å². The number of hydrazine groups is 1. The number of hydrogen-bond acceptors (Lipinski definition) is 5. The molecule has 0 bridgehead atoms. The van der Waals surface area contributed by atoms with Gasteiger partial charge in [0.15, 0.2) is 0 Å². The molecule has 2 heterocycles. The van der Waals surface area contributed by atoms with Crippen molar-refractivity contribution < 1.29 is 35.9 Å². The highest BCUT2D eigenvalue weighted by atomic mass is 32.2. The van der Waals surface area contributed by atoms with Crippen LogP contribution in [0.3, 0.4) is 0 Å². The topological polar surface area (TPSA) is 67.2 Å². The second-order valence-corrected chi connectivity index (χ2v) is 8.22. The van der Waals surface area contributed by atoms with Gasteiger partial charge in [-0.25, -0.2) is 5.43 Å². The average Bonchev–Trinajstić information content (AvgIpc) is 3.26. The maximum atomic E-state index is 13.5. The third-order valence-electron chi connectivity index (χ3n) is 5.04. The quantitative estimate of drug-likeness (QED) is 0.390. The molecule has 0 aliphatic carbocycles. The zero-order valence-corrected chi connectivity index (χ0v) is 18.0. The minimum atomic E-state index is -4.98. The fraction of sp³-hybridized carbons (Fsp3) is 0.190. The number of fused-ring (bicyclic) bond motifs is 1. The summed E-state index contributed by atoms with van der Waals surface area (Å²) >= 11 is 0.749. The number of carbonyl (C=O) groups is 2. The SMILES string of the molecule is CNN1C(=O)S/C(=C\c2ccc3c(cnn3Cc3ccc(C(F)(F)F)cc3C(F)(F)F)c2)C1=O. The summed E-state index contributed by atoms with van der Waals surface area (Å²) in [5, 5.41) is 4.98. The Morgan fingerprint density at radius 2 is 1.76 bits per heavy atom. The molecule has 1 aliphatic rings. The van der Waals surface area contributed by atoms with E-state index in [-0.39, 0.29) is 16.5 Å². The first-order valence-electron chi connectivity index (χ1n) is 9.56. The van der Waals surface area contributed by atoms with Crippen molar-refractivity contribution in [1.29, 1.82) is 0 Å². The largest absolute Gasteiger partial charge is 0.416 e. The van der Waals surface area contributed by atoms with Crippen LogP contribution < -0.4 is 5.43 Å².